The predicted molar refractivity (Wildman–Crippen MR) is 131 cm³/mol. The first-order chi connectivity index (χ1) is 16.7. The Hall–Kier alpha value is -3.47. The zero-order chi connectivity index (χ0) is 24.7. The molecule has 0 unspecified atom stereocenters. The van der Waals surface area contributed by atoms with Gasteiger partial charge < -0.3 is 19.1 Å². The zero-order valence-electron chi connectivity index (χ0n) is 19.8. The summed E-state index contributed by atoms with van der Waals surface area (Å²) in [5.41, 5.74) is 2.97. The van der Waals surface area contributed by atoms with Crippen LogP contribution in [-0.4, -0.2) is 47.3 Å². The van der Waals surface area contributed by atoms with Gasteiger partial charge in [-0.3, -0.25) is 0 Å². The third kappa shape index (κ3) is 4.60. The number of anilines is 3. The van der Waals surface area contributed by atoms with E-state index >= 15 is 0 Å². The minimum absolute atomic E-state index is 0.222. The van der Waals surface area contributed by atoms with Crippen LogP contribution >= 0.6 is 0 Å². The van der Waals surface area contributed by atoms with E-state index in [4.69, 9.17) is 4.52 Å². The minimum Gasteiger partial charge on any atom is -0.352 e. The summed E-state index contributed by atoms with van der Waals surface area (Å²) in [5, 5.41) is 7.23. The molecule has 4 heterocycles. The van der Waals surface area contributed by atoms with Crippen molar-refractivity contribution in [2.75, 3.05) is 29.6 Å². The van der Waals surface area contributed by atoms with Crippen molar-refractivity contribution in [3.63, 3.8) is 0 Å². The van der Waals surface area contributed by atoms with E-state index in [1.54, 1.807) is 6.07 Å². The van der Waals surface area contributed by atoms with Crippen LogP contribution in [0.25, 0.3) is 5.65 Å². The van der Waals surface area contributed by atoms with Gasteiger partial charge in [0.05, 0.1) is 5.69 Å². The van der Waals surface area contributed by atoms with E-state index in [9.17, 15) is 12.8 Å². The summed E-state index contributed by atoms with van der Waals surface area (Å²) in [7, 11) is -3.63. The highest BCUT2D eigenvalue weighted by molar-refractivity contribution is 7.90. The van der Waals surface area contributed by atoms with Crippen molar-refractivity contribution in [3.05, 3.63) is 60.1 Å². The molecule has 1 aliphatic rings. The first kappa shape index (κ1) is 23.3. The second-order valence-electron chi connectivity index (χ2n) is 9.19. The molecule has 1 aliphatic heterocycles. The topological polar surface area (TPSA) is 106 Å². The van der Waals surface area contributed by atoms with Crippen LogP contribution in [0.4, 0.5) is 21.8 Å². The molecule has 3 aromatic heterocycles. The molecule has 0 amide bonds. The van der Waals surface area contributed by atoms with Crippen molar-refractivity contribution in [3.8, 4) is 0 Å². The Labute approximate surface area is 202 Å². The fourth-order valence-corrected chi connectivity index (χ4v) is 5.15. The van der Waals surface area contributed by atoms with E-state index in [1.807, 2.05) is 42.8 Å². The molecule has 0 radical (unpaired) electrons. The SMILES string of the molecule is CC(C)c1noc(N2CCC(c3cnc4c(Nc5ccc(S(C)(=O)=O)c(F)c5)cccn34)CC2)n1. The highest BCUT2D eigenvalue weighted by Gasteiger charge is 2.26. The summed E-state index contributed by atoms with van der Waals surface area (Å²) in [4.78, 5) is 10.9. The van der Waals surface area contributed by atoms with E-state index in [1.165, 1.54) is 12.1 Å². The van der Waals surface area contributed by atoms with Gasteiger partial charge in [0.15, 0.2) is 21.3 Å². The van der Waals surface area contributed by atoms with Gasteiger partial charge in [0.25, 0.3) is 0 Å². The van der Waals surface area contributed by atoms with Crippen LogP contribution in [0.1, 0.15) is 50.0 Å². The maximum atomic E-state index is 14.3. The predicted octanol–water partition coefficient (Wildman–Crippen LogP) is 4.51. The average Bonchev–Trinajstić information content (AvgIpc) is 3.47. The molecule has 0 atom stereocenters. The van der Waals surface area contributed by atoms with Gasteiger partial charge in [-0.25, -0.2) is 17.8 Å². The lowest BCUT2D eigenvalue weighted by Gasteiger charge is -2.30. The Morgan fingerprint density at radius 1 is 1.20 bits per heavy atom. The standard InChI is InChI=1S/C24H27FN6O3S/c1-15(2)22-28-24(34-29-22)30-11-8-16(9-12-30)20-14-26-23-19(5-4-10-31(20)23)27-17-6-7-21(18(25)13-17)35(3,32)33/h4-7,10,13-16,27H,8-9,11-12H2,1-3H3. The Kier molecular flexibility index (Phi) is 5.96. The molecule has 9 nitrogen and oxygen atoms in total. The normalized spacial score (nSPS) is 15.3. The van der Waals surface area contributed by atoms with Crippen LogP contribution in [-0.2, 0) is 9.84 Å². The highest BCUT2D eigenvalue weighted by Crippen LogP contribution is 2.32. The summed E-state index contributed by atoms with van der Waals surface area (Å²) in [6.45, 7) is 5.69. The average molecular weight is 499 g/mol. The van der Waals surface area contributed by atoms with Gasteiger partial charge in [0.2, 0.25) is 0 Å². The molecular formula is C24H27FN6O3S. The lowest BCUT2D eigenvalue weighted by atomic mass is 9.94. The number of hydrogen-bond donors (Lipinski definition) is 1. The quantitative estimate of drug-likeness (QED) is 0.414. The van der Waals surface area contributed by atoms with E-state index < -0.39 is 15.7 Å². The maximum Gasteiger partial charge on any atom is 0.324 e. The van der Waals surface area contributed by atoms with Crippen LogP contribution in [0.3, 0.4) is 0 Å². The number of halogens is 1. The monoisotopic (exact) mass is 498 g/mol. The molecule has 5 rings (SSSR count). The summed E-state index contributed by atoms with van der Waals surface area (Å²) in [5.74, 6) is 0.465. The second kappa shape index (κ2) is 8.95. The fraction of sp³-hybridized carbons (Fsp3) is 0.375. The number of fused-ring (bicyclic) bond motifs is 1. The lowest BCUT2D eigenvalue weighted by molar-refractivity contribution is 0.386. The zero-order valence-corrected chi connectivity index (χ0v) is 20.6. The van der Waals surface area contributed by atoms with E-state index in [-0.39, 0.29) is 10.8 Å². The Morgan fingerprint density at radius 2 is 1.97 bits per heavy atom. The number of sulfone groups is 1. The minimum atomic E-state index is -3.63. The molecule has 0 spiro atoms. The van der Waals surface area contributed by atoms with Crippen LogP contribution < -0.4 is 10.2 Å². The van der Waals surface area contributed by atoms with Crippen molar-refractivity contribution in [2.45, 2.75) is 43.4 Å². The van der Waals surface area contributed by atoms with Gasteiger partial charge in [0, 0.05) is 55.0 Å². The smallest absolute Gasteiger partial charge is 0.324 e. The van der Waals surface area contributed by atoms with Crippen LogP contribution in [0.2, 0.25) is 0 Å². The van der Waals surface area contributed by atoms with Gasteiger partial charge in [0.1, 0.15) is 10.7 Å². The Balaban J connectivity index is 1.33. The fourth-order valence-electron chi connectivity index (χ4n) is 4.42. The number of piperidine rings is 1. The summed E-state index contributed by atoms with van der Waals surface area (Å²) >= 11 is 0. The van der Waals surface area contributed by atoms with E-state index in [0.717, 1.165) is 49.4 Å². The van der Waals surface area contributed by atoms with E-state index in [2.05, 4.69) is 25.3 Å². The van der Waals surface area contributed by atoms with Crippen molar-refractivity contribution < 1.29 is 17.3 Å². The molecule has 184 valence electrons. The largest absolute Gasteiger partial charge is 0.352 e. The number of aromatic nitrogens is 4. The van der Waals surface area contributed by atoms with Crippen LogP contribution in [0, 0.1) is 5.82 Å². The van der Waals surface area contributed by atoms with Gasteiger partial charge in [-0.1, -0.05) is 19.0 Å². The first-order valence-electron chi connectivity index (χ1n) is 11.5. The number of hydrogen-bond acceptors (Lipinski definition) is 8. The summed E-state index contributed by atoms with van der Waals surface area (Å²) in [6.07, 6.45) is 6.68. The molecule has 0 saturated carbocycles. The lowest BCUT2D eigenvalue weighted by Crippen LogP contribution is -2.33. The molecule has 1 N–H and O–H groups in total. The maximum absolute atomic E-state index is 14.3. The Morgan fingerprint density at radius 3 is 2.63 bits per heavy atom. The van der Waals surface area contributed by atoms with Gasteiger partial charge in [-0.15, -0.1) is 0 Å². The molecule has 1 saturated heterocycles. The molecule has 0 bridgehead atoms. The third-order valence-electron chi connectivity index (χ3n) is 6.31. The molecular weight excluding hydrogens is 471 g/mol. The third-order valence-corrected chi connectivity index (χ3v) is 7.44. The van der Waals surface area contributed by atoms with Gasteiger partial charge >= 0.3 is 6.01 Å². The molecule has 35 heavy (non-hydrogen) atoms. The number of benzene rings is 1. The molecule has 0 aliphatic carbocycles. The molecule has 1 aromatic carbocycles. The number of nitrogens with one attached hydrogen (secondary N) is 1. The Bertz CT molecular complexity index is 1470. The van der Waals surface area contributed by atoms with Crippen molar-refractivity contribution in [2.24, 2.45) is 0 Å². The molecule has 11 heteroatoms. The summed E-state index contributed by atoms with van der Waals surface area (Å²) in [6, 6.07) is 8.34. The second-order valence-corrected chi connectivity index (χ2v) is 11.2. The number of rotatable bonds is 6. The molecule has 1 fully saturated rings. The van der Waals surface area contributed by atoms with Crippen molar-refractivity contribution >= 4 is 32.9 Å². The van der Waals surface area contributed by atoms with Gasteiger partial charge in [-0.2, -0.15) is 4.98 Å². The highest BCUT2D eigenvalue weighted by atomic mass is 32.2. The van der Waals surface area contributed by atoms with Crippen molar-refractivity contribution in [1.29, 1.82) is 0 Å². The first-order valence-corrected chi connectivity index (χ1v) is 13.4. The summed E-state index contributed by atoms with van der Waals surface area (Å²) < 4.78 is 45.2. The number of nitrogens with zero attached hydrogens (tertiary/aromatic N) is 5. The van der Waals surface area contributed by atoms with E-state index in [0.29, 0.717) is 23.3 Å². The number of pyridine rings is 1. The van der Waals surface area contributed by atoms with Crippen molar-refractivity contribution in [1.82, 2.24) is 19.5 Å². The number of imidazole rings is 1. The van der Waals surface area contributed by atoms with Crippen LogP contribution in [0.5, 0.6) is 0 Å². The molecule has 4 aromatic rings. The van der Waals surface area contributed by atoms with Gasteiger partial charge in [-0.05, 0) is 43.2 Å². The van der Waals surface area contributed by atoms with Crippen LogP contribution in [0.15, 0.2) is 52.1 Å².